The first-order valence-electron chi connectivity index (χ1n) is 7.89. The summed E-state index contributed by atoms with van der Waals surface area (Å²) in [6.45, 7) is 8.69. The molecule has 140 valence electrons. The van der Waals surface area contributed by atoms with Crippen LogP contribution < -0.4 is 24.8 Å². The Labute approximate surface area is 182 Å². The van der Waals surface area contributed by atoms with Crippen LogP contribution in [0.5, 0.6) is 0 Å². The van der Waals surface area contributed by atoms with Crippen molar-refractivity contribution in [3.63, 3.8) is 0 Å². The monoisotopic (exact) mass is 416 g/mol. The number of allylic oxidation sites excluding steroid dienone is 2. The molecule has 0 aliphatic heterocycles. The second kappa shape index (κ2) is 13.9. The maximum Gasteiger partial charge on any atom is 2.00 e. The van der Waals surface area contributed by atoms with Crippen molar-refractivity contribution < 1.29 is 46.5 Å². The van der Waals surface area contributed by atoms with Crippen LogP contribution in [-0.2, 0) is 21.7 Å². The average molecular weight is 417 g/mol. The van der Waals surface area contributed by atoms with E-state index in [0.29, 0.717) is 0 Å². The molecule has 0 amide bonds. The Morgan fingerprint density at radius 2 is 1.64 bits per heavy atom. The number of likely N-dealkylation sites (N-methyl/N-ethyl adjacent to an activating group) is 1. The number of hydrogen-bond donors (Lipinski definition) is 0. The number of halogens is 2. The smallest absolute Gasteiger partial charge is 1.00 e. The Morgan fingerprint density at radius 1 is 1.12 bits per heavy atom. The summed E-state index contributed by atoms with van der Waals surface area (Å²) >= 11 is 0. The van der Waals surface area contributed by atoms with E-state index < -0.39 is 0 Å². The Bertz CT molecular complexity index is 541. The minimum absolute atomic E-state index is 0. The minimum atomic E-state index is -0.250. The van der Waals surface area contributed by atoms with E-state index in [1.54, 1.807) is 0 Å². The van der Waals surface area contributed by atoms with E-state index in [1.165, 1.54) is 22.3 Å². The number of nitrogens with one attached hydrogen (secondary N) is 1. The predicted octanol–water partition coefficient (Wildman–Crippen LogP) is -0.623. The van der Waals surface area contributed by atoms with Gasteiger partial charge in [0.1, 0.15) is 0 Å². The second-order valence-corrected chi connectivity index (χ2v) is 7.02. The van der Waals surface area contributed by atoms with Gasteiger partial charge in [-0.05, 0) is 26.1 Å². The minimum Gasteiger partial charge on any atom is -1.00 e. The van der Waals surface area contributed by atoms with Gasteiger partial charge in [-0.1, -0.05) is 51.5 Å². The summed E-state index contributed by atoms with van der Waals surface area (Å²) in [5, 5.41) is 0. The van der Waals surface area contributed by atoms with Crippen LogP contribution in [-0.4, -0.2) is 31.1 Å². The molecule has 0 atom stereocenters. The van der Waals surface area contributed by atoms with Gasteiger partial charge in [-0.3, -0.25) is 0 Å². The Balaban J connectivity index is -0.000000539. The summed E-state index contributed by atoms with van der Waals surface area (Å²) in [6.07, 6.45) is 7.91. The molecule has 25 heavy (non-hydrogen) atoms. The molecule has 0 saturated heterocycles. The van der Waals surface area contributed by atoms with Gasteiger partial charge >= 0.3 is 21.7 Å². The fourth-order valence-electron chi connectivity index (χ4n) is 2.29. The first-order valence-corrected chi connectivity index (χ1v) is 7.89. The molecule has 1 aliphatic carbocycles. The van der Waals surface area contributed by atoms with E-state index in [4.69, 9.17) is 5.73 Å². The van der Waals surface area contributed by atoms with Crippen LogP contribution in [0.25, 0.3) is 11.3 Å². The van der Waals surface area contributed by atoms with Crippen LogP contribution in [0.15, 0.2) is 42.0 Å². The fourth-order valence-corrected chi connectivity index (χ4v) is 2.29. The molecule has 0 heterocycles. The molecule has 2 nitrogen and oxygen atoms in total. The molecule has 0 bridgehead atoms. The third-order valence-corrected chi connectivity index (χ3v) is 3.06. The summed E-state index contributed by atoms with van der Waals surface area (Å²) in [7, 11) is 4.22. The molecule has 0 spiro atoms. The largest absolute Gasteiger partial charge is 2.00 e. The molecule has 1 aliphatic rings. The molecule has 0 fully saturated rings. The van der Waals surface area contributed by atoms with Crippen molar-refractivity contribution in [1.29, 1.82) is 0 Å². The zero-order valence-electron chi connectivity index (χ0n) is 16.2. The summed E-state index contributed by atoms with van der Waals surface area (Å²) < 4.78 is 0. The van der Waals surface area contributed by atoms with Gasteiger partial charge in [0.25, 0.3) is 0 Å². The SMILES string of the molecule is CC(C)(C)[NH-].C[CH-]c1ccccc1C1=CC(CN(C)C)=CC1.[Cl-].[Cl-].[Ti+2]. The molecule has 2 rings (SSSR count). The molecule has 0 unspecified atom stereocenters. The molecule has 0 saturated carbocycles. The summed E-state index contributed by atoms with van der Waals surface area (Å²) in [6, 6.07) is 8.61. The standard InChI is InChI=1S/C16H20N.C4H10N.2ClH.Ti/c1-4-14-7-5-6-8-16(14)15-10-9-13(11-15)12-17(2)3;1-4(2,3)5;;;/h4-9,11H,10,12H2,1-3H3;5H,1-3H3;2*1H;/q2*-1;;;+2/p-2. The van der Waals surface area contributed by atoms with Crippen molar-refractivity contribution in [3.05, 3.63) is 65.3 Å². The van der Waals surface area contributed by atoms with Gasteiger partial charge in [0.15, 0.2) is 0 Å². The van der Waals surface area contributed by atoms with Gasteiger partial charge < -0.3 is 35.4 Å². The van der Waals surface area contributed by atoms with Crippen LogP contribution in [0.3, 0.4) is 0 Å². The van der Waals surface area contributed by atoms with Gasteiger partial charge in [-0.2, -0.15) is 18.1 Å². The molecular weight excluding hydrogens is 387 g/mol. The van der Waals surface area contributed by atoms with E-state index >= 15 is 0 Å². The molecule has 0 aromatic heterocycles. The van der Waals surface area contributed by atoms with Crippen molar-refractivity contribution >= 4 is 5.57 Å². The van der Waals surface area contributed by atoms with Crippen molar-refractivity contribution in [3.8, 4) is 0 Å². The van der Waals surface area contributed by atoms with Crippen LogP contribution in [0.2, 0.25) is 0 Å². The first kappa shape index (κ1) is 29.5. The third-order valence-electron chi connectivity index (χ3n) is 3.06. The number of rotatable bonds is 4. The molecule has 1 aromatic carbocycles. The maximum absolute atomic E-state index is 6.94. The van der Waals surface area contributed by atoms with Crippen molar-refractivity contribution in [2.24, 2.45) is 0 Å². The van der Waals surface area contributed by atoms with E-state index in [0.717, 1.165) is 13.0 Å². The topological polar surface area (TPSA) is 27.0 Å². The molecule has 1 N–H and O–H groups in total. The van der Waals surface area contributed by atoms with Crippen molar-refractivity contribution in [1.82, 2.24) is 4.90 Å². The van der Waals surface area contributed by atoms with Crippen LogP contribution in [0, 0.1) is 6.42 Å². The predicted molar refractivity (Wildman–Crippen MR) is 98.8 cm³/mol. The maximum atomic E-state index is 6.94. The number of hydrogen-bond acceptors (Lipinski definition) is 1. The fraction of sp³-hybridized carbons (Fsp3) is 0.450. The molecule has 0 radical (unpaired) electrons. The molecular formula is C20H30Cl2N2Ti-2. The van der Waals surface area contributed by atoms with Crippen molar-refractivity contribution in [2.75, 3.05) is 20.6 Å². The normalized spacial score (nSPS) is 12.5. The van der Waals surface area contributed by atoms with Crippen LogP contribution >= 0.6 is 0 Å². The third kappa shape index (κ3) is 12.7. The Kier molecular flexibility index (Phi) is 16.4. The summed E-state index contributed by atoms with van der Waals surface area (Å²) in [5.74, 6) is 0. The Hall–Kier alpha value is -0.216. The van der Waals surface area contributed by atoms with E-state index in [2.05, 4.69) is 68.8 Å². The number of nitrogens with zero attached hydrogens (tertiary/aromatic N) is 1. The zero-order valence-corrected chi connectivity index (χ0v) is 19.2. The van der Waals surface area contributed by atoms with E-state index in [-0.39, 0.29) is 52.1 Å². The first-order chi connectivity index (χ1) is 10.2. The zero-order chi connectivity index (χ0) is 16.8. The summed E-state index contributed by atoms with van der Waals surface area (Å²) in [5.41, 5.74) is 12.3. The molecule has 1 aromatic rings. The van der Waals surface area contributed by atoms with Gasteiger partial charge in [0.05, 0.1) is 0 Å². The quantitative estimate of drug-likeness (QED) is 0.474. The molecule has 5 heteroatoms. The van der Waals surface area contributed by atoms with Gasteiger partial charge in [-0.25, -0.2) is 0 Å². The average Bonchev–Trinajstić information content (AvgIpc) is 2.84. The van der Waals surface area contributed by atoms with Crippen LogP contribution in [0.4, 0.5) is 0 Å². The van der Waals surface area contributed by atoms with Gasteiger partial charge in [0, 0.05) is 6.54 Å². The van der Waals surface area contributed by atoms with E-state index in [9.17, 15) is 0 Å². The number of benzene rings is 1. The summed E-state index contributed by atoms with van der Waals surface area (Å²) in [4.78, 5) is 2.21. The van der Waals surface area contributed by atoms with Crippen molar-refractivity contribution in [2.45, 2.75) is 39.7 Å². The van der Waals surface area contributed by atoms with E-state index in [1.807, 2.05) is 20.8 Å². The van der Waals surface area contributed by atoms with Gasteiger partial charge in [-0.15, -0.1) is 23.2 Å². The van der Waals surface area contributed by atoms with Crippen LogP contribution in [0.1, 0.15) is 45.2 Å². The van der Waals surface area contributed by atoms with Gasteiger partial charge in [0.2, 0.25) is 0 Å². The second-order valence-electron chi connectivity index (χ2n) is 7.02. The Morgan fingerprint density at radius 3 is 2.12 bits per heavy atom.